The molecule has 5 heteroatoms. The lowest BCUT2D eigenvalue weighted by Gasteiger charge is -2.11. The van der Waals surface area contributed by atoms with Crippen LogP contribution in [0.2, 0.25) is 0 Å². The Balaban J connectivity index is 1.68. The molecule has 0 fully saturated rings. The molecule has 1 unspecified atom stereocenters. The molecule has 1 heterocycles. The van der Waals surface area contributed by atoms with E-state index in [9.17, 15) is 14.7 Å². The van der Waals surface area contributed by atoms with Crippen molar-refractivity contribution in [2.75, 3.05) is 0 Å². The Bertz CT molecular complexity index is 859. The molecule has 1 aromatic heterocycles. The van der Waals surface area contributed by atoms with Gasteiger partial charge in [-0.2, -0.15) is 0 Å². The van der Waals surface area contributed by atoms with Crippen molar-refractivity contribution in [1.29, 1.82) is 0 Å². The molecule has 3 rings (SSSR count). The topological polar surface area (TPSA) is 67.3 Å². The molecule has 0 amide bonds. The van der Waals surface area contributed by atoms with Gasteiger partial charge in [0.15, 0.2) is 0 Å². The Morgan fingerprint density at radius 2 is 1.64 bits per heavy atom. The minimum Gasteiger partial charge on any atom is -0.481 e. The highest BCUT2D eigenvalue weighted by molar-refractivity contribution is 7.13. The summed E-state index contributed by atoms with van der Waals surface area (Å²) in [5, 5.41) is 12.2. The van der Waals surface area contributed by atoms with Crippen molar-refractivity contribution in [2.24, 2.45) is 0 Å². The van der Waals surface area contributed by atoms with Gasteiger partial charge < -0.3 is 5.11 Å². The third-order valence-electron chi connectivity index (χ3n) is 3.88. The van der Waals surface area contributed by atoms with Gasteiger partial charge in [-0.05, 0) is 5.56 Å². The highest BCUT2D eigenvalue weighted by Crippen LogP contribution is 2.25. The highest BCUT2D eigenvalue weighted by Gasteiger charge is 2.23. The van der Waals surface area contributed by atoms with Crippen LogP contribution in [0, 0.1) is 0 Å². The number of benzene rings is 2. The Kier molecular flexibility index (Phi) is 5.36. The van der Waals surface area contributed by atoms with Gasteiger partial charge in [-0.3, -0.25) is 9.59 Å². The van der Waals surface area contributed by atoms with Crippen molar-refractivity contribution in [1.82, 2.24) is 4.98 Å². The van der Waals surface area contributed by atoms with Crippen LogP contribution in [0.1, 0.15) is 23.6 Å². The first-order valence-electron chi connectivity index (χ1n) is 7.93. The number of thiazole rings is 1. The molecule has 4 nitrogen and oxygen atoms in total. The summed E-state index contributed by atoms with van der Waals surface area (Å²) in [6.45, 7) is 0. The number of carbonyl (C=O) groups is 2. The van der Waals surface area contributed by atoms with Crippen molar-refractivity contribution in [3.8, 4) is 10.6 Å². The number of aliphatic carboxylic acids is 1. The van der Waals surface area contributed by atoms with E-state index >= 15 is 0 Å². The van der Waals surface area contributed by atoms with Crippen molar-refractivity contribution >= 4 is 23.1 Å². The summed E-state index contributed by atoms with van der Waals surface area (Å²) in [4.78, 5) is 28.4. The van der Waals surface area contributed by atoms with Crippen LogP contribution in [0.25, 0.3) is 10.6 Å². The van der Waals surface area contributed by atoms with Crippen LogP contribution in [0.4, 0.5) is 0 Å². The summed E-state index contributed by atoms with van der Waals surface area (Å²) in [6.07, 6.45) is 0.123. The summed E-state index contributed by atoms with van der Waals surface area (Å²) in [7, 11) is 0. The molecule has 0 aliphatic heterocycles. The zero-order valence-electron chi connectivity index (χ0n) is 13.5. The normalized spacial score (nSPS) is 11.8. The quantitative estimate of drug-likeness (QED) is 0.693. The fourth-order valence-corrected chi connectivity index (χ4v) is 3.46. The number of carboxylic acids is 1. The van der Waals surface area contributed by atoms with E-state index in [2.05, 4.69) is 4.98 Å². The third kappa shape index (κ3) is 4.39. The van der Waals surface area contributed by atoms with Gasteiger partial charge in [0, 0.05) is 23.8 Å². The second-order valence-corrected chi connectivity index (χ2v) is 6.59. The van der Waals surface area contributed by atoms with Crippen LogP contribution in [-0.4, -0.2) is 21.8 Å². The number of Topliss-reactive ketones (excluding diaryl/α,β-unsaturated/α-hetero) is 1. The van der Waals surface area contributed by atoms with E-state index in [1.807, 2.05) is 41.8 Å². The molecule has 1 N–H and O–H groups in total. The molecular formula is C20H17NO3S. The molecule has 0 radical (unpaired) electrons. The van der Waals surface area contributed by atoms with E-state index in [4.69, 9.17) is 0 Å². The molecule has 0 saturated heterocycles. The predicted octanol–water partition coefficient (Wildman–Crippen LogP) is 4.18. The Labute approximate surface area is 149 Å². The van der Waals surface area contributed by atoms with Gasteiger partial charge in [0.25, 0.3) is 0 Å². The highest BCUT2D eigenvalue weighted by atomic mass is 32.1. The van der Waals surface area contributed by atoms with Gasteiger partial charge in [0.2, 0.25) is 0 Å². The first kappa shape index (κ1) is 17.0. The zero-order chi connectivity index (χ0) is 17.6. The number of ketones is 1. The largest absolute Gasteiger partial charge is 0.481 e. The Hall–Kier alpha value is -2.79. The molecule has 1 atom stereocenters. The molecule has 0 aliphatic carbocycles. The molecule has 0 spiro atoms. The number of carboxylic acid groups (broad SMARTS) is 1. The maximum atomic E-state index is 12.3. The maximum absolute atomic E-state index is 12.3. The molecule has 0 bridgehead atoms. The summed E-state index contributed by atoms with van der Waals surface area (Å²) in [6, 6.07) is 18.6. The second-order valence-electron chi connectivity index (χ2n) is 5.73. The number of rotatable bonds is 7. The first-order valence-corrected chi connectivity index (χ1v) is 8.80. The number of hydrogen-bond donors (Lipinski definition) is 1. The SMILES string of the molecule is O=C(Cc1csc(-c2ccccc2)n1)CC(C(=O)O)c1ccccc1. The van der Waals surface area contributed by atoms with E-state index in [1.165, 1.54) is 11.3 Å². The molecule has 3 aromatic rings. The molecule has 0 aliphatic rings. The number of carbonyl (C=O) groups excluding carboxylic acids is 1. The van der Waals surface area contributed by atoms with Gasteiger partial charge in [-0.1, -0.05) is 60.7 Å². The van der Waals surface area contributed by atoms with E-state index in [0.29, 0.717) is 11.3 Å². The number of nitrogens with zero attached hydrogens (tertiary/aromatic N) is 1. The van der Waals surface area contributed by atoms with Gasteiger partial charge in [0.1, 0.15) is 10.8 Å². The average Bonchev–Trinajstić information content (AvgIpc) is 3.09. The smallest absolute Gasteiger partial charge is 0.311 e. The minimum absolute atomic E-state index is 0.0302. The summed E-state index contributed by atoms with van der Waals surface area (Å²) in [5.74, 6) is -1.93. The van der Waals surface area contributed by atoms with Crippen molar-refractivity contribution in [3.05, 3.63) is 77.3 Å². The lowest BCUT2D eigenvalue weighted by atomic mass is 9.93. The van der Waals surface area contributed by atoms with Crippen LogP contribution in [0.15, 0.2) is 66.0 Å². The fourth-order valence-electron chi connectivity index (χ4n) is 2.64. The minimum atomic E-state index is -0.984. The van der Waals surface area contributed by atoms with Crippen LogP contribution >= 0.6 is 11.3 Å². The van der Waals surface area contributed by atoms with Crippen LogP contribution < -0.4 is 0 Å². The summed E-state index contributed by atoms with van der Waals surface area (Å²) < 4.78 is 0. The number of aromatic nitrogens is 1. The van der Waals surface area contributed by atoms with Gasteiger partial charge in [-0.15, -0.1) is 11.3 Å². The molecule has 25 heavy (non-hydrogen) atoms. The van der Waals surface area contributed by atoms with Crippen molar-refractivity contribution in [2.45, 2.75) is 18.8 Å². The monoisotopic (exact) mass is 351 g/mol. The van der Waals surface area contributed by atoms with Crippen LogP contribution in [0.3, 0.4) is 0 Å². The van der Waals surface area contributed by atoms with E-state index < -0.39 is 11.9 Å². The van der Waals surface area contributed by atoms with Crippen LogP contribution in [0.5, 0.6) is 0 Å². The third-order valence-corrected chi connectivity index (χ3v) is 4.82. The standard InChI is InChI=1S/C20H17NO3S/c22-17(12-18(20(23)24)14-7-3-1-4-8-14)11-16-13-25-19(21-16)15-9-5-2-6-10-15/h1-10,13,18H,11-12H2,(H,23,24). The van der Waals surface area contributed by atoms with Crippen molar-refractivity contribution in [3.63, 3.8) is 0 Å². The first-order chi connectivity index (χ1) is 12.1. The Morgan fingerprint density at radius 1 is 1.00 bits per heavy atom. The van der Waals surface area contributed by atoms with E-state index in [1.54, 1.807) is 24.3 Å². The molecule has 0 saturated carbocycles. The van der Waals surface area contributed by atoms with Crippen LogP contribution in [-0.2, 0) is 16.0 Å². The second kappa shape index (κ2) is 7.85. The average molecular weight is 351 g/mol. The van der Waals surface area contributed by atoms with Gasteiger partial charge >= 0.3 is 5.97 Å². The lowest BCUT2D eigenvalue weighted by Crippen LogP contribution is -2.17. The predicted molar refractivity (Wildman–Crippen MR) is 97.7 cm³/mol. The van der Waals surface area contributed by atoms with Gasteiger partial charge in [0.05, 0.1) is 11.6 Å². The fraction of sp³-hybridized carbons (Fsp3) is 0.150. The Morgan fingerprint density at radius 3 is 2.28 bits per heavy atom. The number of hydrogen-bond acceptors (Lipinski definition) is 4. The molecule has 126 valence electrons. The molecular weight excluding hydrogens is 334 g/mol. The van der Waals surface area contributed by atoms with Crippen molar-refractivity contribution < 1.29 is 14.7 Å². The van der Waals surface area contributed by atoms with E-state index in [-0.39, 0.29) is 18.6 Å². The molecule has 2 aromatic carbocycles. The van der Waals surface area contributed by atoms with Gasteiger partial charge in [-0.25, -0.2) is 4.98 Å². The summed E-state index contributed by atoms with van der Waals surface area (Å²) in [5.41, 5.74) is 2.34. The maximum Gasteiger partial charge on any atom is 0.311 e. The summed E-state index contributed by atoms with van der Waals surface area (Å²) >= 11 is 1.49. The zero-order valence-corrected chi connectivity index (χ0v) is 14.3. The van der Waals surface area contributed by atoms with E-state index in [0.717, 1.165) is 10.6 Å². The lowest BCUT2D eigenvalue weighted by molar-refractivity contribution is -0.140.